The Kier molecular flexibility index (Phi) is 7.07. The first kappa shape index (κ1) is 22.8. The van der Waals surface area contributed by atoms with Gasteiger partial charge in [-0.3, -0.25) is 9.63 Å². The summed E-state index contributed by atoms with van der Waals surface area (Å²) in [7, 11) is 0. The van der Waals surface area contributed by atoms with E-state index in [0.717, 1.165) is 5.56 Å². The van der Waals surface area contributed by atoms with E-state index in [-0.39, 0.29) is 18.8 Å². The number of nitrogens with zero attached hydrogens (tertiary/aromatic N) is 2. The van der Waals surface area contributed by atoms with E-state index >= 15 is 0 Å². The number of hydroxylamine groups is 1. The molecule has 9 heteroatoms. The molecule has 166 valence electrons. The van der Waals surface area contributed by atoms with Crippen molar-refractivity contribution in [3.8, 4) is 6.07 Å². The van der Waals surface area contributed by atoms with E-state index < -0.39 is 23.5 Å². The largest absolute Gasteiger partial charge is 0.461 e. The number of esters is 1. The minimum absolute atomic E-state index is 0.118. The number of nitriles is 1. The molecule has 0 saturated carbocycles. The molecule has 0 radical (unpaired) electrons. The van der Waals surface area contributed by atoms with Gasteiger partial charge in [0.05, 0.1) is 47.7 Å². The summed E-state index contributed by atoms with van der Waals surface area (Å²) in [6, 6.07) is 15.5. The van der Waals surface area contributed by atoms with E-state index in [1.807, 2.05) is 6.07 Å². The standard InChI is InChI=1S/C23H24N4O5/c1-4-30-22(29)23(15(2)16(3)26-32-23)25-20-8-6-5-7-19(20)21(28)27-31-14-18-11-9-17(13-24)10-12-18/h5-12,15,25H,4,14H2,1-3H3,(H,27,28). The first-order valence-electron chi connectivity index (χ1n) is 10.1. The Morgan fingerprint density at radius 2 is 1.94 bits per heavy atom. The van der Waals surface area contributed by atoms with Gasteiger partial charge in [0.1, 0.15) is 0 Å². The summed E-state index contributed by atoms with van der Waals surface area (Å²) in [5.41, 5.74) is 3.37. The number of hydrogen-bond donors (Lipinski definition) is 2. The molecule has 2 atom stereocenters. The molecule has 2 aromatic rings. The fourth-order valence-electron chi connectivity index (χ4n) is 3.14. The predicted molar refractivity (Wildman–Crippen MR) is 116 cm³/mol. The number of hydrogen-bond acceptors (Lipinski definition) is 8. The Balaban J connectivity index is 1.73. The van der Waals surface area contributed by atoms with Gasteiger partial charge in [-0.05, 0) is 43.7 Å². The lowest BCUT2D eigenvalue weighted by molar-refractivity contribution is -0.168. The van der Waals surface area contributed by atoms with E-state index in [1.54, 1.807) is 69.3 Å². The van der Waals surface area contributed by atoms with Crippen molar-refractivity contribution in [2.45, 2.75) is 33.1 Å². The number of oxime groups is 1. The average Bonchev–Trinajstić information content (AvgIpc) is 3.09. The summed E-state index contributed by atoms with van der Waals surface area (Å²) < 4.78 is 5.21. The van der Waals surface area contributed by atoms with Gasteiger partial charge in [0.2, 0.25) is 0 Å². The van der Waals surface area contributed by atoms with E-state index in [4.69, 9.17) is 19.7 Å². The molecule has 0 bridgehead atoms. The van der Waals surface area contributed by atoms with Crippen LogP contribution in [0.4, 0.5) is 5.69 Å². The second kappa shape index (κ2) is 9.94. The second-order valence-corrected chi connectivity index (χ2v) is 7.20. The fraction of sp³-hybridized carbons (Fsp3) is 0.304. The molecule has 2 N–H and O–H groups in total. The molecular weight excluding hydrogens is 412 g/mol. The van der Waals surface area contributed by atoms with Gasteiger partial charge in [-0.2, -0.15) is 5.26 Å². The Morgan fingerprint density at radius 1 is 1.22 bits per heavy atom. The third-order valence-corrected chi connectivity index (χ3v) is 5.13. The lowest BCUT2D eigenvalue weighted by Gasteiger charge is -2.31. The molecule has 0 aromatic heterocycles. The van der Waals surface area contributed by atoms with Crippen LogP contribution in [0.15, 0.2) is 53.7 Å². The molecule has 32 heavy (non-hydrogen) atoms. The molecular formula is C23H24N4O5. The van der Waals surface area contributed by atoms with E-state index in [1.165, 1.54) is 0 Å². The lowest BCUT2D eigenvalue weighted by Crippen LogP contribution is -2.53. The summed E-state index contributed by atoms with van der Waals surface area (Å²) in [5.74, 6) is -1.56. The third kappa shape index (κ3) is 4.71. The minimum atomic E-state index is -1.58. The fourth-order valence-corrected chi connectivity index (χ4v) is 3.14. The van der Waals surface area contributed by atoms with Gasteiger partial charge < -0.3 is 14.9 Å². The molecule has 2 aromatic carbocycles. The maximum atomic E-state index is 12.8. The van der Waals surface area contributed by atoms with Gasteiger partial charge in [0, 0.05) is 0 Å². The topological polar surface area (TPSA) is 122 Å². The highest BCUT2D eigenvalue weighted by molar-refractivity contribution is 6.01. The van der Waals surface area contributed by atoms with Crippen LogP contribution in [-0.2, 0) is 25.8 Å². The SMILES string of the molecule is CCOC(=O)C1(Nc2ccccc2C(=O)NOCc2ccc(C#N)cc2)ON=C(C)C1C. The average molecular weight is 436 g/mol. The summed E-state index contributed by atoms with van der Waals surface area (Å²) in [5, 5.41) is 15.8. The Bertz CT molecular complexity index is 1060. The van der Waals surface area contributed by atoms with Crippen LogP contribution in [0.25, 0.3) is 0 Å². The van der Waals surface area contributed by atoms with Crippen molar-refractivity contribution in [3.05, 3.63) is 65.2 Å². The van der Waals surface area contributed by atoms with Crippen molar-refractivity contribution in [2.75, 3.05) is 11.9 Å². The highest BCUT2D eigenvalue weighted by Crippen LogP contribution is 2.34. The van der Waals surface area contributed by atoms with Crippen molar-refractivity contribution >= 4 is 23.3 Å². The van der Waals surface area contributed by atoms with Gasteiger partial charge in [0.25, 0.3) is 5.91 Å². The first-order chi connectivity index (χ1) is 15.4. The van der Waals surface area contributed by atoms with E-state index in [9.17, 15) is 9.59 Å². The Morgan fingerprint density at radius 3 is 2.56 bits per heavy atom. The number of nitrogens with one attached hydrogen (secondary N) is 2. The predicted octanol–water partition coefficient (Wildman–Crippen LogP) is 3.13. The maximum absolute atomic E-state index is 12.8. The molecule has 9 nitrogen and oxygen atoms in total. The summed E-state index contributed by atoms with van der Waals surface area (Å²) in [6.45, 7) is 5.53. The summed E-state index contributed by atoms with van der Waals surface area (Å²) in [4.78, 5) is 36.3. The van der Waals surface area contributed by atoms with Crippen LogP contribution in [0.3, 0.4) is 0 Å². The number of para-hydroxylation sites is 1. The number of benzene rings is 2. The van der Waals surface area contributed by atoms with Crippen LogP contribution in [0.2, 0.25) is 0 Å². The van der Waals surface area contributed by atoms with Crippen molar-refractivity contribution in [3.63, 3.8) is 0 Å². The van der Waals surface area contributed by atoms with Crippen molar-refractivity contribution < 1.29 is 24.0 Å². The molecule has 1 amide bonds. The van der Waals surface area contributed by atoms with Gasteiger partial charge in [0.15, 0.2) is 0 Å². The molecule has 0 saturated heterocycles. The van der Waals surface area contributed by atoms with Gasteiger partial charge >= 0.3 is 11.7 Å². The quantitative estimate of drug-likeness (QED) is 0.481. The molecule has 1 aliphatic heterocycles. The number of anilines is 1. The zero-order chi connectivity index (χ0) is 23.1. The van der Waals surface area contributed by atoms with Crippen molar-refractivity contribution in [1.29, 1.82) is 5.26 Å². The Labute approximate surface area is 185 Å². The van der Waals surface area contributed by atoms with Crippen LogP contribution in [0.1, 0.15) is 42.3 Å². The van der Waals surface area contributed by atoms with Gasteiger partial charge in [-0.15, -0.1) is 0 Å². The first-order valence-corrected chi connectivity index (χ1v) is 10.1. The number of carbonyl (C=O) groups is 2. The smallest absolute Gasteiger partial charge is 0.375 e. The van der Waals surface area contributed by atoms with E-state index in [2.05, 4.69) is 16.0 Å². The Hall–Kier alpha value is -3.90. The van der Waals surface area contributed by atoms with E-state index in [0.29, 0.717) is 17.0 Å². The molecule has 0 aliphatic carbocycles. The minimum Gasteiger partial charge on any atom is -0.461 e. The molecule has 1 heterocycles. The molecule has 3 rings (SSSR count). The summed E-state index contributed by atoms with van der Waals surface area (Å²) in [6.07, 6.45) is 0. The molecule has 0 fully saturated rings. The molecule has 0 spiro atoms. The van der Waals surface area contributed by atoms with Gasteiger partial charge in [-0.1, -0.05) is 36.3 Å². The van der Waals surface area contributed by atoms with Crippen LogP contribution in [-0.4, -0.2) is 29.9 Å². The monoisotopic (exact) mass is 436 g/mol. The number of carbonyl (C=O) groups excluding carboxylic acids is 2. The van der Waals surface area contributed by atoms with Crippen LogP contribution in [0.5, 0.6) is 0 Å². The number of ether oxygens (including phenoxy) is 1. The normalized spacial score (nSPS) is 19.3. The van der Waals surface area contributed by atoms with Crippen LogP contribution in [0, 0.1) is 17.2 Å². The van der Waals surface area contributed by atoms with Crippen molar-refractivity contribution in [2.24, 2.45) is 11.1 Å². The maximum Gasteiger partial charge on any atom is 0.375 e. The van der Waals surface area contributed by atoms with Gasteiger partial charge in [-0.25, -0.2) is 10.3 Å². The van der Waals surface area contributed by atoms with Crippen LogP contribution >= 0.6 is 0 Å². The summed E-state index contributed by atoms with van der Waals surface area (Å²) >= 11 is 0. The number of rotatable bonds is 8. The zero-order valence-corrected chi connectivity index (χ0v) is 18.0. The molecule has 1 aliphatic rings. The third-order valence-electron chi connectivity index (χ3n) is 5.13. The molecule has 2 unspecified atom stereocenters. The van der Waals surface area contributed by atoms with Crippen molar-refractivity contribution in [1.82, 2.24) is 5.48 Å². The lowest BCUT2D eigenvalue weighted by atomic mass is 9.93. The zero-order valence-electron chi connectivity index (χ0n) is 18.0. The van der Waals surface area contributed by atoms with Crippen LogP contribution < -0.4 is 10.8 Å². The second-order valence-electron chi connectivity index (χ2n) is 7.20. The highest BCUT2D eigenvalue weighted by Gasteiger charge is 2.53. The number of amides is 1. The highest BCUT2D eigenvalue weighted by atomic mass is 16.7.